The Morgan fingerprint density at radius 1 is 1.20 bits per heavy atom. The van der Waals surface area contributed by atoms with Crippen molar-refractivity contribution in [2.45, 2.75) is 20.0 Å². The third kappa shape index (κ3) is 3.19. The SMILES string of the molecule is CCOc1ccc(Br)cc1C(O)c1cc(F)ccc1C. The van der Waals surface area contributed by atoms with E-state index in [0.29, 0.717) is 23.5 Å². The van der Waals surface area contributed by atoms with Crippen molar-refractivity contribution < 1.29 is 14.2 Å². The maximum atomic E-state index is 13.4. The predicted octanol–water partition coefficient (Wildman–Crippen LogP) is 4.38. The number of hydrogen-bond acceptors (Lipinski definition) is 2. The standard InChI is InChI=1S/C16H16BrFO2/c1-3-20-15-7-5-11(17)8-14(15)16(19)13-9-12(18)6-4-10(13)2/h4-9,16,19H,3H2,1-2H3. The van der Waals surface area contributed by atoms with Crippen molar-refractivity contribution in [3.05, 3.63) is 63.4 Å². The molecule has 1 N–H and O–H groups in total. The van der Waals surface area contributed by atoms with Gasteiger partial charge in [-0.3, -0.25) is 0 Å². The topological polar surface area (TPSA) is 29.5 Å². The molecule has 0 aromatic heterocycles. The zero-order valence-electron chi connectivity index (χ0n) is 11.4. The fourth-order valence-electron chi connectivity index (χ4n) is 2.09. The second-order valence-corrected chi connectivity index (χ2v) is 5.43. The van der Waals surface area contributed by atoms with Gasteiger partial charge in [-0.15, -0.1) is 0 Å². The summed E-state index contributed by atoms with van der Waals surface area (Å²) < 4.78 is 19.8. The summed E-state index contributed by atoms with van der Waals surface area (Å²) in [6, 6.07) is 9.83. The third-order valence-corrected chi connectivity index (χ3v) is 3.60. The van der Waals surface area contributed by atoms with Crippen LogP contribution in [0.1, 0.15) is 29.7 Å². The van der Waals surface area contributed by atoms with Crippen molar-refractivity contribution in [1.82, 2.24) is 0 Å². The van der Waals surface area contributed by atoms with E-state index >= 15 is 0 Å². The lowest BCUT2D eigenvalue weighted by molar-refractivity contribution is 0.210. The van der Waals surface area contributed by atoms with Gasteiger partial charge in [0.15, 0.2) is 0 Å². The van der Waals surface area contributed by atoms with E-state index in [-0.39, 0.29) is 5.82 Å². The van der Waals surface area contributed by atoms with Crippen LogP contribution in [0.25, 0.3) is 0 Å². The van der Waals surface area contributed by atoms with Crippen LogP contribution in [0.5, 0.6) is 5.75 Å². The van der Waals surface area contributed by atoms with E-state index in [1.165, 1.54) is 12.1 Å². The number of rotatable bonds is 4. The van der Waals surface area contributed by atoms with Crippen LogP contribution >= 0.6 is 15.9 Å². The molecule has 0 amide bonds. The van der Waals surface area contributed by atoms with E-state index in [2.05, 4.69) is 15.9 Å². The van der Waals surface area contributed by atoms with Crippen LogP contribution in [-0.2, 0) is 0 Å². The van der Waals surface area contributed by atoms with E-state index in [1.807, 2.05) is 19.9 Å². The Morgan fingerprint density at radius 3 is 2.65 bits per heavy atom. The highest BCUT2D eigenvalue weighted by molar-refractivity contribution is 9.10. The number of aliphatic hydroxyl groups is 1. The minimum Gasteiger partial charge on any atom is -0.493 e. The molecule has 0 fully saturated rings. The minimum atomic E-state index is -0.926. The summed E-state index contributed by atoms with van der Waals surface area (Å²) in [4.78, 5) is 0. The first-order valence-corrected chi connectivity index (χ1v) is 7.18. The molecule has 0 saturated heterocycles. The summed E-state index contributed by atoms with van der Waals surface area (Å²) in [6.07, 6.45) is -0.926. The molecule has 0 aliphatic carbocycles. The van der Waals surface area contributed by atoms with Crippen LogP contribution in [0.4, 0.5) is 4.39 Å². The molecular formula is C16H16BrFO2. The Labute approximate surface area is 126 Å². The molecule has 1 unspecified atom stereocenters. The second kappa shape index (κ2) is 6.37. The molecule has 0 saturated carbocycles. The maximum absolute atomic E-state index is 13.4. The summed E-state index contributed by atoms with van der Waals surface area (Å²) in [6.45, 7) is 4.23. The molecule has 0 heterocycles. The van der Waals surface area contributed by atoms with Gasteiger partial charge in [0.1, 0.15) is 17.7 Å². The van der Waals surface area contributed by atoms with Crippen LogP contribution in [-0.4, -0.2) is 11.7 Å². The average Bonchev–Trinajstić information content (AvgIpc) is 2.43. The van der Waals surface area contributed by atoms with Crippen molar-refractivity contribution >= 4 is 15.9 Å². The summed E-state index contributed by atoms with van der Waals surface area (Å²) >= 11 is 3.38. The van der Waals surface area contributed by atoms with Gasteiger partial charge in [-0.05, 0) is 55.3 Å². The molecule has 20 heavy (non-hydrogen) atoms. The zero-order valence-corrected chi connectivity index (χ0v) is 12.9. The number of benzene rings is 2. The Hall–Kier alpha value is -1.39. The van der Waals surface area contributed by atoms with Gasteiger partial charge in [0.05, 0.1) is 6.61 Å². The number of halogens is 2. The van der Waals surface area contributed by atoms with E-state index in [4.69, 9.17) is 4.74 Å². The number of aliphatic hydroxyl groups excluding tert-OH is 1. The number of ether oxygens (including phenoxy) is 1. The highest BCUT2D eigenvalue weighted by atomic mass is 79.9. The van der Waals surface area contributed by atoms with E-state index in [1.54, 1.807) is 18.2 Å². The molecule has 2 aromatic carbocycles. The molecule has 106 valence electrons. The second-order valence-electron chi connectivity index (χ2n) is 4.52. The fourth-order valence-corrected chi connectivity index (χ4v) is 2.47. The number of aryl methyl sites for hydroxylation is 1. The van der Waals surface area contributed by atoms with Crippen molar-refractivity contribution in [1.29, 1.82) is 0 Å². The molecule has 0 aliphatic rings. The van der Waals surface area contributed by atoms with Gasteiger partial charge < -0.3 is 9.84 Å². The van der Waals surface area contributed by atoms with Crippen molar-refractivity contribution in [3.63, 3.8) is 0 Å². The zero-order chi connectivity index (χ0) is 14.7. The van der Waals surface area contributed by atoms with Crippen LogP contribution < -0.4 is 4.74 Å². The van der Waals surface area contributed by atoms with Gasteiger partial charge in [0, 0.05) is 10.0 Å². The quantitative estimate of drug-likeness (QED) is 0.896. The lowest BCUT2D eigenvalue weighted by atomic mass is 9.97. The largest absolute Gasteiger partial charge is 0.493 e. The summed E-state index contributed by atoms with van der Waals surface area (Å²) in [5.74, 6) is 0.240. The van der Waals surface area contributed by atoms with Crippen LogP contribution in [0.15, 0.2) is 40.9 Å². The first-order chi connectivity index (χ1) is 9.52. The molecule has 1 atom stereocenters. The Bertz CT molecular complexity index is 613. The van der Waals surface area contributed by atoms with Crippen LogP contribution in [0, 0.1) is 12.7 Å². The molecular weight excluding hydrogens is 323 g/mol. The maximum Gasteiger partial charge on any atom is 0.125 e. The first kappa shape index (κ1) is 15.0. The third-order valence-electron chi connectivity index (χ3n) is 3.10. The van der Waals surface area contributed by atoms with Crippen molar-refractivity contribution in [3.8, 4) is 5.75 Å². The fraction of sp³-hybridized carbons (Fsp3) is 0.250. The molecule has 2 rings (SSSR count). The van der Waals surface area contributed by atoms with Crippen LogP contribution in [0.3, 0.4) is 0 Å². The van der Waals surface area contributed by atoms with Crippen molar-refractivity contribution in [2.75, 3.05) is 6.61 Å². The Balaban J connectivity index is 2.49. The van der Waals surface area contributed by atoms with Gasteiger partial charge in [0.2, 0.25) is 0 Å². The molecule has 0 bridgehead atoms. The monoisotopic (exact) mass is 338 g/mol. The Kier molecular flexibility index (Phi) is 4.78. The summed E-state index contributed by atoms with van der Waals surface area (Å²) in [5.41, 5.74) is 2.00. The van der Waals surface area contributed by atoms with Gasteiger partial charge >= 0.3 is 0 Å². The van der Waals surface area contributed by atoms with Gasteiger partial charge in [-0.2, -0.15) is 0 Å². The molecule has 2 aromatic rings. The molecule has 4 heteroatoms. The Morgan fingerprint density at radius 2 is 1.95 bits per heavy atom. The lowest BCUT2D eigenvalue weighted by Gasteiger charge is -2.18. The number of hydrogen-bond donors (Lipinski definition) is 1. The normalized spacial score (nSPS) is 12.2. The lowest BCUT2D eigenvalue weighted by Crippen LogP contribution is -2.06. The van der Waals surface area contributed by atoms with Crippen LogP contribution in [0.2, 0.25) is 0 Å². The van der Waals surface area contributed by atoms with Gasteiger partial charge in [-0.1, -0.05) is 22.0 Å². The summed E-state index contributed by atoms with van der Waals surface area (Å²) in [7, 11) is 0. The van der Waals surface area contributed by atoms with E-state index < -0.39 is 6.10 Å². The average molecular weight is 339 g/mol. The molecule has 0 radical (unpaired) electrons. The van der Waals surface area contributed by atoms with Crippen molar-refractivity contribution in [2.24, 2.45) is 0 Å². The molecule has 0 spiro atoms. The first-order valence-electron chi connectivity index (χ1n) is 6.39. The molecule has 0 aliphatic heterocycles. The van der Waals surface area contributed by atoms with Gasteiger partial charge in [-0.25, -0.2) is 4.39 Å². The highest BCUT2D eigenvalue weighted by Crippen LogP contribution is 2.34. The smallest absolute Gasteiger partial charge is 0.125 e. The van der Waals surface area contributed by atoms with E-state index in [0.717, 1.165) is 10.0 Å². The minimum absolute atomic E-state index is 0.363. The van der Waals surface area contributed by atoms with Gasteiger partial charge in [0.25, 0.3) is 0 Å². The molecule has 2 nitrogen and oxygen atoms in total. The predicted molar refractivity (Wildman–Crippen MR) is 80.5 cm³/mol. The van der Waals surface area contributed by atoms with E-state index in [9.17, 15) is 9.50 Å². The highest BCUT2D eigenvalue weighted by Gasteiger charge is 2.18. The summed E-state index contributed by atoms with van der Waals surface area (Å²) in [5, 5.41) is 10.6.